The molecule has 0 aromatic rings. The lowest BCUT2D eigenvalue weighted by Gasteiger charge is -1.98. The van der Waals surface area contributed by atoms with E-state index in [9.17, 15) is 9.59 Å². The highest BCUT2D eigenvalue weighted by molar-refractivity contribution is 6.06. The lowest BCUT2D eigenvalue weighted by atomic mass is 10.1. The van der Waals surface area contributed by atoms with Crippen LogP contribution in [-0.4, -0.2) is 37.2 Å². The van der Waals surface area contributed by atoms with Crippen molar-refractivity contribution in [2.75, 3.05) is 20.3 Å². The van der Waals surface area contributed by atoms with Crippen molar-refractivity contribution in [3.05, 3.63) is 11.1 Å². The molecule has 1 aliphatic rings. The van der Waals surface area contributed by atoms with Crippen molar-refractivity contribution in [3.63, 3.8) is 0 Å². The number of hydrogen-bond acceptors (Lipinski definition) is 3. The third-order valence-corrected chi connectivity index (χ3v) is 1.61. The number of carboxylic acid groups (broad SMARTS) is 1. The molecule has 1 amide bonds. The van der Waals surface area contributed by atoms with E-state index in [1.807, 2.05) is 0 Å². The number of hydrogen-bond donors (Lipinski definition) is 2. The molecule has 0 saturated carbocycles. The second kappa shape index (κ2) is 3.36. The first kappa shape index (κ1) is 8.73. The maximum absolute atomic E-state index is 11.0. The second-order valence-electron chi connectivity index (χ2n) is 2.38. The van der Waals surface area contributed by atoms with E-state index in [-0.39, 0.29) is 30.2 Å². The summed E-state index contributed by atoms with van der Waals surface area (Å²) >= 11 is 0. The highest BCUT2D eigenvalue weighted by Gasteiger charge is 2.26. The van der Waals surface area contributed by atoms with Gasteiger partial charge in [0.2, 0.25) is 5.91 Å². The Morgan fingerprint density at radius 2 is 2.42 bits per heavy atom. The van der Waals surface area contributed by atoms with Gasteiger partial charge in [-0.1, -0.05) is 0 Å². The second-order valence-corrected chi connectivity index (χ2v) is 2.38. The standard InChI is InChI=1S/C7H9NO4/c1-12-3-5-4(7(10)11)2-8-6(5)9/h2-3H2,1H3,(H,8,9)(H,10,11). The lowest BCUT2D eigenvalue weighted by molar-refractivity contribution is -0.132. The van der Waals surface area contributed by atoms with Crippen molar-refractivity contribution in [2.24, 2.45) is 0 Å². The summed E-state index contributed by atoms with van der Waals surface area (Å²) < 4.78 is 4.69. The van der Waals surface area contributed by atoms with E-state index in [2.05, 4.69) is 5.32 Å². The molecule has 0 unspecified atom stereocenters. The molecule has 0 bridgehead atoms. The van der Waals surface area contributed by atoms with Crippen LogP contribution >= 0.6 is 0 Å². The highest BCUT2D eigenvalue weighted by atomic mass is 16.5. The van der Waals surface area contributed by atoms with E-state index < -0.39 is 5.97 Å². The quantitative estimate of drug-likeness (QED) is 0.579. The number of carbonyl (C=O) groups excluding carboxylic acids is 1. The van der Waals surface area contributed by atoms with E-state index in [1.54, 1.807) is 0 Å². The van der Waals surface area contributed by atoms with Crippen LogP contribution < -0.4 is 5.32 Å². The molecule has 0 fully saturated rings. The number of rotatable bonds is 3. The normalized spacial score (nSPS) is 16.6. The fourth-order valence-corrected chi connectivity index (χ4v) is 1.02. The summed E-state index contributed by atoms with van der Waals surface area (Å²) in [6.07, 6.45) is 0. The van der Waals surface area contributed by atoms with Crippen molar-refractivity contribution >= 4 is 11.9 Å². The van der Waals surface area contributed by atoms with E-state index in [0.29, 0.717) is 0 Å². The molecular weight excluding hydrogens is 162 g/mol. The van der Waals surface area contributed by atoms with E-state index in [4.69, 9.17) is 9.84 Å². The smallest absolute Gasteiger partial charge is 0.333 e. The predicted octanol–water partition coefficient (Wildman–Crippen LogP) is -0.856. The average Bonchev–Trinajstić information content (AvgIpc) is 2.34. The van der Waals surface area contributed by atoms with Gasteiger partial charge in [-0.05, 0) is 0 Å². The zero-order chi connectivity index (χ0) is 9.14. The highest BCUT2D eigenvalue weighted by Crippen LogP contribution is 2.11. The van der Waals surface area contributed by atoms with E-state index in [1.165, 1.54) is 7.11 Å². The number of carbonyl (C=O) groups is 2. The largest absolute Gasteiger partial charge is 0.478 e. The molecule has 2 N–H and O–H groups in total. The molecular formula is C7H9NO4. The number of carboxylic acids is 1. The summed E-state index contributed by atoms with van der Waals surface area (Å²) in [6.45, 7) is 0.139. The van der Waals surface area contributed by atoms with Crippen LogP contribution in [0.25, 0.3) is 0 Å². The first-order valence-corrected chi connectivity index (χ1v) is 3.39. The molecule has 0 spiro atoms. The van der Waals surface area contributed by atoms with Crippen LogP contribution in [-0.2, 0) is 14.3 Å². The van der Waals surface area contributed by atoms with Crippen molar-refractivity contribution in [2.45, 2.75) is 0 Å². The molecule has 1 aliphatic heterocycles. The Morgan fingerprint density at radius 1 is 1.75 bits per heavy atom. The first-order valence-electron chi connectivity index (χ1n) is 3.39. The SMILES string of the molecule is COCC1=C(C(=O)O)CNC1=O. The molecule has 5 heteroatoms. The zero-order valence-electron chi connectivity index (χ0n) is 6.59. The van der Waals surface area contributed by atoms with Crippen LogP contribution in [0.3, 0.4) is 0 Å². The van der Waals surface area contributed by atoms with Crippen molar-refractivity contribution < 1.29 is 19.4 Å². The van der Waals surface area contributed by atoms with Crippen molar-refractivity contribution in [3.8, 4) is 0 Å². The predicted molar refractivity (Wildman–Crippen MR) is 39.5 cm³/mol. The van der Waals surface area contributed by atoms with E-state index in [0.717, 1.165) is 0 Å². The molecule has 0 aromatic carbocycles. The van der Waals surface area contributed by atoms with Crippen LogP contribution in [0.1, 0.15) is 0 Å². The average molecular weight is 171 g/mol. The summed E-state index contributed by atoms with van der Waals surface area (Å²) in [5.74, 6) is -1.42. The molecule has 0 saturated heterocycles. The van der Waals surface area contributed by atoms with Crippen LogP contribution in [0.2, 0.25) is 0 Å². The fraction of sp³-hybridized carbons (Fsp3) is 0.429. The summed E-state index contributed by atoms with van der Waals surface area (Å²) in [5, 5.41) is 11.0. The van der Waals surface area contributed by atoms with Crippen molar-refractivity contribution in [1.82, 2.24) is 5.32 Å². The Balaban J connectivity index is 2.89. The number of methoxy groups -OCH3 is 1. The minimum atomic E-state index is -1.07. The lowest BCUT2D eigenvalue weighted by Crippen LogP contribution is -2.19. The number of amides is 1. The van der Waals surface area contributed by atoms with Gasteiger partial charge >= 0.3 is 5.97 Å². The Hall–Kier alpha value is -1.36. The molecule has 0 radical (unpaired) electrons. The Morgan fingerprint density at radius 3 is 2.92 bits per heavy atom. The summed E-state index contributed by atoms with van der Waals surface area (Å²) in [7, 11) is 1.41. The molecule has 5 nitrogen and oxygen atoms in total. The topological polar surface area (TPSA) is 75.6 Å². The van der Waals surface area contributed by atoms with Gasteiger partial charge < -0.3 is 15.2 Å². The zero-order valence-corrected chi connectivity index (χ0v) is 6.59. The minimum absolute atomic E-state index is 0.0491. The Kier molecular flexibility index (Phi) is 2.44. The molecule has 0 atom stereocenters. The molecule has 0 aromatic heterocycles. The van der Waals surface area contributed by atoms with Gasteiger partial charge in [0, 0.05) is 7.11 Å². The maximum Gasteiger partial charge on any atom is 0.333 e. The van der Waals surface area contributed by atoms with Crippen LogP contribution in [0, 0.1) is 0 Å². The third-order valence-electron chi connectivity index (χ3n) is 1.61. The number of ether oxygens (including phenoxy) is 1. The van der Waals surface area contributed by atoms with Crippen LogP contribution in [0.4, 0.5) is 0 Å². The molecule has 66 valence electrons. The molecule has 12 heavy (non-hydrogen) atoms. The first-order chi connectivity index (χ1) is 5.66. The Bertz CT molecular complexity index is 256. The number of aliphatic carboxylic acids is 1. The van der Waals surface area contributed by atoms with E-state index >= 15 is 0 Å². The summed E-state index contributed by atoms with van der Waals surface area (Å²) in [4.78, 5) is 21.5. The van der Waals surface area contributed by atoms with Gasteiger partial charge in [0.25, 0.3) is 0 Å². The van der Waals surface area contributed by atoms with Gasteiger partial charge in [0.15, 0.2) is 0 Å². The van der Waals surface area contributed by atoms with Gasteiger partial charge in [0.05, 0.1) is 24.3 Å². The molecule has 1 rings (SSSR count). The van der Waals surface area contributed by atoms with Crippen LogP contribution in [0.5, 0.6) is 0 Å². The fourth-order valence-electron chi connectivity index (χ4n) is 1.02. The van der Waals surface area contributed by atoms with Gasteiger partial charge in [-0.25, -0.2) is 4.79 Å². The van der Waals surface area contributed by atoms with Crippen molar-refractivity contribution in [1.29, 1.82) is 0 Å². The number of nitrogens with one attached hydrogen (secondary N) is 1. The van der Waals surface area contributed by atoms with Gasteiger partial charge in [0.1, 0.15) is 0 Å². The van der Waals surface area contributed by atoms with Gasteiger partial charge in [-0.3, -0.25) is 4.79 Å². The third kappa shape index (κ3) is 1.45. The van der Waals surface area contributed by atoms with Gasteiger partial charge in [-0.15, -0.1) is 0 Å². The van der Waals surface area contributed by atoms with Crippen LogP contribution in [0.15, 0.2) is 11.1 Å². The minimum Gasteiger partial charge on any atom is -0.478 e. The maximum atomic E-state index is 11.0. The summed E-state index contributed by atoms with van der Waals surface area (Å²) in [6, 6.07) is 0. The molecule has 1 heterocycles. The Labute approximate surface area is 69.0 Å². The summed E-state index contributed by atoms with van der Waals surface area (Å²) in [5.41, 5.74) is 0.312. The van der Waals surface area contributed by atoms with Gasteiger partial charge in [-0.2, -0.15) is 0 Å². The monoisotopic (exact) mass is 171 g/mol. The molecule has 0 aliphatic carbocycles.